The molecular weight excluding hydrogens is 201 g/mol. The minimum absolute atomic E-state index is 0.129. The molecule has 0 aromatic rings. The van der Waals surface area contributed by atoms with E-state index < -0.39 is 30.1 Å². The lowest BCUT2D eigenvalue weighted by Crippen LogP contribution is -2.28. The topological polar surface area (TPSA) is 43.4 Å². The van der Waals surface area contributed by atoms with E-state index in [4.69, 9.17) is 4.74 Å². The van der Waals surface area contributed by atoms with Gasteiger partial charge in [-0.1, -0.05) is 0 Å². The average Bonchev–Trinajstić information content (AvgIpc) is 2.53. The zero-order chi connectivity index (χ0) is 10.8. The quantitative estimate of drug-likeness (QED) is 0.655. The van der Waals surface area contributed by atoms with Crippen molar-refractivity contribution in [1.29, 1.82) is 0 Å². The number of rotatable bonds is 3. The molecule has 0 aromatic heterocycles. The molecule has 0 N–H and O–H groups in total. The molecule has 1 aliphatic heterocycles. The van der Waals surface area contributed by atoms with Crippen molar-refractivity contribution in [2.75, 3.05) is 13.2 Å². The fourth-order valence-corrected chi connectivity index (χ4v) is 1.19. The zero-order valence-electron chi connectivity index (χ0n) is 7.26. The Balaban J connectivity index is 2.44. The summed E-state index contributed by atoms with van der Waals surface area (Å²) in [5, 5.41) is 0. The number of hydrogen-bond donors (Lipinski definition) is 0. The molecule has 0 spiro atoms. The molecule has 0 aliphatic carbocycles. The number of ketones is 2. The van der Waals surface area contributed by atoms with Crippen LogP contribution in [0, 0.1) is 5.92 Å². The number of carbonyl (C=O) groups excluding carboxylic acids is 2. The third kappa shape index (κ3) is 2.80. The molecule has 0 aromatic carbocycles. The summed E-state index contributed by atoms with van der Waals surface area (Å²) in [5.41, 5.74) is 0. The van der Waals surface area contributed by atoms with Gasteiger partial charge in [0.05, 0.1) is 13.0 Å². The lowest BCUT2D eigenvalue weighted by Gasteiger charge is -2.07. The van der Waals surface area contributed by atoms with E-state index in [1.807, 2.05) is 0 Å². The first kappa shape index (κ1) is 11.2. The van der Waals surface area contributed by atoms with Crippen LogP contribution in [0.1, 0.15) is 12.8 Å². The van der Waals surface area contributed by atoms with Crippen LogP contribution in [0.3, 0.4) is 0 Å². The van der Waals surface area contributed by atoms with Gasteiger partial charge in [0.2, 0.25) is 5.78 Å². The van der Waals surface area contributed by atoms with E-state index in [-0.39, 0.29) is 6.61 Å². The summed E-state index contributed by atoms with van der Waals surface area (Å²) >= 11 is 0. The highest BCUT2D eigenvalue weighted by Gasteiger charge is 2.40. The van der Waals surface area contributed by atoms with Crippen molar-refractivity contribution in [2.45, 2.75) is 19.0 Å². The van der Waals surface area contributed by atoms with Crippen molar-refractivity contribution in [1.82, 2.24) is 0 Å². The van der Waals surface area contributed by atoms with Gasteiger partial charge >= 0.3 is 6.18 Å². The van der Waals surface area contributed by atoms with Gasteiger partial charge in [-0.3, -0.25) is 9.59 Å². The molecule has 1 unspecified atom stereocenters. The predicted molar refractivity (Wildman–Crippen MR) is 39.6 cm³/mol. The van der Waals surface area contributed by atoms with E-state index in [9.17, 15) is 22.8 Å². The Morgan fingerprint density at radius 2 is 2.00 bits per heavy atom. The lowest BCUT2D eigenvalue weighted by molar-refractivity contribution is -0.172. The highest BCUT2D eigenvalue weighted by Crippen LogP contribution is 2.21. The van der Waals surface area contributed by atoms with E-state index in [2.05, 4.69) is 0 Å². The Labute approximate surface area is 78.2 Å². The first-order valence-corrected chi connectivity index (χ1v) is 4.11. The Morgan fingerprint density at radius 3 is 2.43 bits per heavy atom. The fourth-order valence-electron chi connectivity index (χ4n) is 1.19. The van der Waals surface area contributed by atoms with Crippen LogP contribution in [0.4, 0.5) is 13.2 Å². The van der Waals surface area contributed by atoms with Gasteiger partial charge in [0.25, 0.3) is 0 Å². The second-order valence-corrected chi connectivity index (χ2v) is 3.12. The largest absolute Gasteiger partial charge is 0.450 e. The first-order valence-electron chi connectivity index (χ1n) is 4.11. The van der Waals surface area contributed by atoms with Crippen molar-refractivity contribution < 1.29 is 27.5 Å². The molecule has 1 saturated heterocycles. The van der Waals surface area contributed by atoms with Crippen LogP contribution in [-0.2, 0) is 14.3 Å². The summed E-state index contributed by atoms with van der Waals surface area (Å²) in [5.74, 6) is -3.19. The molecule has 80 valence electrons. The Hall–Kier alpha value is -0.910. The summed E-state index contributed by atoms with van der Waals surface area (Å²) in [6, 6.07) is 0. The summed E-state index contributed by atoms with van der Waals surface area (Å²) in [6.07, 6.45) is -5.56. The predicted octanol–water partition coefficient (Wildman–Crippen LogP) is 1.11. The van der Waals surface area contributed by atoms with E-state index in [0.29, 0.717) is 13.0 Å². The minimum Gasteiger partial charge on any atom is -0.381 e. The number of ether oxygens (including phenoxy) is 1. The average molecular weight is 210 g/mol. The van der Waals surface area contributed by atoms with Crippen molar-refractivity contribution >= 4 is 11.6 Å². The second-order valence-electron chi connectivity index (χ2n) is 3.12. The first-order chi connectivity index (χ1) is 6.41. The Kier molecular flexibility index (Phi) is 3.25. The molecule has 0 radical (unpaired) electrons. The van der Waals surface area contributed by atoms with Crippen LogP contribution < -0.4 is 0 Å². The van der Waals surface area contributed by atoms with E-state index >= 15 is 0 Å². The van der Waals surface area contributed by atoms with Crippen molar-refractivity contribution in [3.63, 3.8) is 0 Å². The summed E-state index contributed by atoms with van der Waals surface area (Å²) < 4.78 is 40.1. The molecule has 1 rings (SSSR count). The maximum absolute atomic E-state index is 11.8. The third-order valence-electron chi connectivity index (χ3n) is 2.04. The number of hydrogen-bond acceptors (Lipinski definition) is 3. The Bertz CT molecular complexity index is 241. The van der Waals surface area contributed by atoms with Crippen LogP contribution in [0.15, 0.2) is 0 Å². The molecule has 1 atom stereocenters. The van der Waals surface area contributed by atoms with Gasteiger partial charge < -0.3 is 4.74 Å². The smallest absolute Gasteiger partial charge is 0.381 e. The molecule has 1 heterocycles. The normalized spacial score (nSPS) is 22.4. The lowest BCUT2D eigenvalue weighted by atomic mass is 9.99. The van der Waals surface area contributed by atoms with Gasteiger partial charge in [-0.15, -0.1) is 0 Å². The van der Waals surface area contributed by atoms with Crippen molar-refractivity contribution in [3.8, 4) is 0 Å². The minimum atomic E-state index is -4.91. The summed E-state index contributed by atoms with van der Waals surface area (Å²) in [6.45, 7) is 0.501. The molecule has 0 saturated carbocycles. The van der Waals surface area contributed by atoms with Crippen LogP contribution in [-0.4, -0.2) is 31.0 Å². The monoisotopic (exact) mass is 210 g/mol. The van der Waals surface area contributed by atoms with Crippen molar-refractivity contribution in [3.05, 3.63) is 0 Å². The Morgan fingerprint density at radius 1 is 1.36 bits per heavy atom. The maximum atomic E-state index is 11.8. The summed E-state index contributed by atoms with van der Waals surface area (Å²) in [4.78, 5) is 21.5. The SMILES string of the molecule is O=C(CC(=O)C(F)(F)F)C1CCOC1. The maximum Gasteiger partial charge on any atom is 0.450 e. The van der Waals surface area contributed by atoms with Gasteiger partial charge in [-0.2, -0.15) is 13.2 Å². The fraction of sp³-hybridized carbons (Fsp3) is 0.750. The number of Topliss-reactive ketones (excluding diaryl/α,β-unsaturated/α-hetero) is 2. The van der Waals surface area contributed by atoms with Crippen LogP contribution in [0.25, 0.3) is 0 Å². The number of halogens is 3. The van der Waals surface area contributed by atoms with Gasteiger partial charge in [-0.05, 0) is 6.42 Å². The van der Waals surface area contributed by atoms with Gasteiger partial charge in [-0.25, -0.2) is 0 Å². The molecule has 3 nitrogen and oxygen atoms in total. The molecule has 14 heavy (non-hydrogen) atoms. The van der Waals surface area contributed by atoms with E-state index in [1.54, 1.807) is 0 Å². The molecule has 0 amide bonds. The number of alkyl halides is 3. The molecule has 0 bridgehead atoms. The van der Waals surface area contributed by atoms with E-state index in [0.717, 1.165) is 0 Å². The molecular formula is C8H9F3O3. The third-order valence-corrected chi connectivity index (χ3v) is 2.04. The molecule has 1 aliphatic rings. The zero-order valence-corrected chi connectivity index (χ0v) is 7.26. The van der Waals surface area contributed by atoms with Crippen LogP contribution >= 0.6 is 0 Å². The highest BCUT2D eigenvalue weighted by atomic mass is 19.4. The van der Waals surface area contributed by atoms with Gasteiger partial charge in [0.15, 0.2) is 0 Å². The molecule has 1 fully saturated rings. The van der Waals surface area contributed by atoms with Gasteiger partial charge in [0, 0.05) is 12.5 Å². The second kappa shape index (κ2) is 4.08. The van der Waals surface area contributed by atoms with Crippen LogP contribution in [0.2, 0.25) is 0 Å². The van der Waals surface area contributed by atoms with Gasteiger partial charge in [0.1, 0.15) is 5.78 Å². The summed E-state index contributed by atoms with van der Waals surface area (Å²) in [7, 11) is 0. The van der Waals surface area contributed by atoms with E-state index in [1.165, 1.54) is 0 Å². The number of carbonyl (C=O) groups is 2. The van der Waals surface area contributed by atoms with Crippen molar-refractivity contribution in [2.24, 2.45) is 5.92 Å². The van der Waals surface area contributed by atoms with Crippen LogP contribution in [0.5, 0.6) is 0 Å². The highest BCUT2D eigenvalue weighted by molar-refractivity contribution is 6.02. The molecule has 6 heteroatoms. The standard InChI is InChI=1S/C8H9F3O3/c9-8(10,11)7(13)3-6(12)5-1-2-14-4-5/h5H,1-4H2.